The van der Waals surface area contributed by atoms with Crippen LogP contribution in [0.5, 0.6) is 0 Å². The molecule has 2 atom stereocenters. The molecule has 1 fully saturated rings. The minimum Gasteiger partial charge on any atom is -0.350 e. The van der Waals surface area contributed by atoms with Gasteiger partial charge in [-0.2, -0.15) is 0 Å². The summed E-state index contributed by atoms with van der Waals surface area (Å²) in [7, 11) is 0. The van der Waals surface area contributed by atoms with E-state index in [0.29, 0.717) is 31.0 Å². The Kier molecular flexibility index (Phi) is 12.8. The van der Waals surface area contributed by atoms with Crippen LogP contribution in [0.3, 0.4) is 0 Å². The largest absolute Gasteiger partial charge is 0.350 e. The quantitative estimate of drug-likeness (QED) is 0.258. The number of carbonyl (C=O) groups is 3. The van der Waals surface area contributed by atoms with Crippen molar-refractivity contribution in [1.29, 1.82) is 0 Å². The van der Waals surface area contributed by atoms with Gasteiger partial charge in [-0.1, -0.05) is 66.5 Å². The third kappa shape index (κ3) is 9.64. The van der Waals surface area contributed by atoms with Crippen molar-refractivity contribution < 1.29 is 14.4 Å². The Bertz CT molecular complexity index is 1180. The third-order valence-corrected chi connectivity index (χ3v) is 9.17. The molecule has 3 rings (SSSR count). The predicted molar refractivity (Wildman–Crippen MR) is 168 cm³/mol. The van der Waals surface area contributed by atoms with E-state index in [-0.39, 0.29) is 36.1 Å². The molecule has 0 radical (unpaired) electrons. The molecule has 3 amide bonds. The first-order chi connectivity index (χ1) is 19.6. The van der Waals surface area contributed by atoms with Crippen LogP contribution in [0.15, 0.2) is 30.4 Å². The van der Waals surface area contributed by atoms with Crippen LogP contribution in [-0.4, -0.2) is 65.9 Å². The van der Waals surface area contributed by atoms with Crippen LogP contribution in [0, 0.1) is 5.92 Å². The Labute approximate surface area is 249 Å². The number of nitrogens with zero attached hydrogens (tertiary/aromatic N) is 2. The summed E-state index contributed by atoms with van der Waals surface area (Å²) >= 11 is 1.57. The number of carbonyl (C=O) groups excluding carboxylic acids is 3. The Morgan fingerprint density at radius 1 is 1.07 bits per heavy atom. The first-order valence-corrected chi connectivity index (χ1v) is 16.1. The SMILES string of the molecule is C=C(CN(CC)CC)C(=O)NC[C@@H](NC(=O)[C@H](Cc1nc2ccc(C(C)C)cc2s1)NC(=O)CC)C1CCCCC1. The van der Waals surface area contributed by atoms with E-state index in [2.05, 4.69) is 67.3 Å². The normalized spacial score (nSPS) is 15.6. The Morgan fingerprint density at radius 3 is 2.41 bits per heavy atom. The van der Waals surface area contributed by atoms with Crippen molar-refractivity contribution in [1.82, 2.24) is 25.8 Å². The molecule has 1 aliphatic rings. The minimum absolute atomic E-state index is 0.177. The van der Waals surface area contributed by atoms with Gasteiger partial charge in [0.05, 0.1) is 15.2 Å². The Hall–Kier alpha value is -2.78. The van der Waals surface area contributed by atoms with Crippen molar-refractivity contribution in [3.8, 4) is 0 Å². The molecule has 2 aromatic rings. The fraction of sp³-hybridized carbons (Fsp3) is 0.625. The number of amides is 3. The summed E-state index contributed by atoms with van der Waals surface area (Å²) in [5, 5.41) is 9.99. The van der Waals surface area contributed by atoms with Crippen LogP contribution >= 0.6 is 11.3 Å². The highest BCUT2D eigenvalue weighted by Gasteiger charge is 2.30. The van der Waals surface area contributed by atoms with Gasteiger partial charge >= 0.3 is 0 Å². The fourth-order valence-electron chi connectivity index (χ4n) is 5.39. The molecule has 0 spiro atoms. The smallest absolute Gasteiger partial charge is 0.247 e. The van der Waals surface area contributed by atoms with E-state index in [4.69, 9.17) is 4.98 Å². The standard InChI is InChI=1S/C32H49N5O3S/c1-7-29(38)34-26(18-30-35-25-16-15-24(21(4)5)17-28(25)41-30)32(40)36-27(23-13-11-10-12-14-23)19-33-31(39)22(6)20-37(8-2)9-3/h15-17,21,23,26-27H,6-14,18-20H2,1-5H3,(H,33,39)(H,34,38)(H,36,40)/t26-,27+/m0/s1. The molecule has 0 unspecified atom stereocenters. The molecular formula is C32H49N5O3S. The average Bonchev–Trinajstić information content (AvgIpc) is 3.39. The average molecular weight is 584 g/mol. The first-order valence-electron chi connectivity index (χ1n) is 15.3. The minimum atomic E-state index is -0.744. The highest BCUT2D eigenvalue weighted by Crippen LogP contribution is 2.28. The lowest BCUT2D eigenvalue weighted by Gasteiger charge is -2.32. The number of fused-ring (bicyclic) bond motifs is 1. The molecule has 9 heteroatoms. The number of hydrogen-bond acceptors (Lipinski definition) is 6. The molecule has 0 saturated heterocycles. The summed E-state index contributed by atoms with van der Waals surface area (Å²) in [5.41, 5.74) is 2.67. The highest BCUT2D eigenvalue weighted by atomic mass is 32.1. The maximum Gasteiger partial charge on any atom is 0.247 e. The van der Waals surface area contributed by atoms with E-state index in [1.165, 1.54) is 12.0 Å². The summed E-state index contributed by atoms with van der Waals surface area (Å²) in [6.07, 6.45) is 6.03. The second-order valence-corrected chi connectivity index (χ2v) is 12.6. The topological polar surface area (TPSA) is 103 Å². The summed E-state index contributed by atoms with van der Waals surface area (Å²) < 4.78 is 1.08. The van der Waals surface area contributed by atoms with Crippen molar-refractivity contribution in [3.05, 3.63) is 40.9 Å². The van der Waals surface area contributed by atoms with Crippen LogP contribution in [0.2, 0.25) is 0 Å². The molecule has 1 heterocycles. The fourth-order valence-corrected chi connectivity index (χ4v) is 6.45. The number of nitrogens with one attached hydrogen (secondary N) is 3. The van der Waals surface area contributed by atoms with Crippen LogP contribution in [0.25, 0.3) is 10.2 Å². The zero-order valence-corrected chi connectivity index (χ0v) is 26.4. The van der Waals surface area contributed by atoms with E-state index >= 15 is 0 Å². The molecule has 1 aromatic carbocycles. The number of rotatable bonds is 15. The number of aromatic nitrogens is 1. The molecule has 1 saturated carbocycles. The second kappa shape index (κ2) is 16.0. The summed E-state index contributed by atoms with van der Waals surface area (Å²) in [5.74, 6) is 0.0877. The lowest BCUT2D eigenvalue weighted by molar-refractivity contribution is -0.129. The van der Waals surface area contributed by atoms with Gasteiger partial charge in [0.1, 0.15) is 6.04 Å². The summed E-state index contributed by atoms with van der Waals surface area (Å²) in [6.45, 7) is 16.8. The van der Waals surface area contributed by atoms with Gasteiger partial charge in [-0.05, 0) is 55.5 Å². The third-order valence-electron chi connectivity index (χ3n) is 8.13. The van der Waals surface area contributed by atoms with Gasteiger partial charge in [-0.3, -0.25) is 19.3 Å². The molecule has 3 N–H and O–H groups in total. The van der Waals surface area contributed by atoms with E-state index < -0.39 is 6.04 Å². The zero-order valence-electron chi connectivity index (χ0n) is 25.6. The van der Waals surface area contributed by atoms with Crippen LogP contribution in [0.1, 0.15) is 89.6 Å². The van der Waals surface area contributed by atoms with Crippen LogP contribution in [-0.2, 0) is 20.8 Å². The summed E-state index contributed by atoms with van der Waals surface area (Å²) in [4.78, 5) is 46.0. The molecule has 0 aliphatic heterocycles. The Balaban J connectivity index is 1.74. The van der Waals surface area contributed by atoms with Crippen molar-refractivity contribution in [2.24, 2.45) is 5.92 Å². The van der Waals surface area contributed by atoms with E-state index in [1.807, 2.05) is 6.07 Å². The Morgan fingerprint density at radius 2 is 1.78 bits per heavy atom. The van der Waals surface area contributed by atoms with E-state index in [1.54, 1.807) is 18.3 Å². The van der Waals surface area contributed by atoms with Gasteiger partial charge < -0.3 is 16.0 Å². The van der Waals surface area contributed by atoms with Gasteiger partial charge in [-0.25, -0.2) is 4.98 Å². The lowest BCUT2D eigenvalue weighted by atomic mass is 9.83. The number of benzene rings is 1. The number of likely N-dealkylation sites (N-methyl/N-ethyl adjacent to an activating group) is 1. The molecule has 0 bridgehead atoms. The van der Waals surface area contributed by atoms with Gasteiger partial charge in [0.25, 0.3) is 0 Å². The number of thiazole rings is 1. The highest BCUT2D eigenvalue weighted by molar-refractivity contribution is 7.18. The maximum absolute atomic E-state index is 13.7. The molecule has 8 nitrogen and oxygen atoms in total. The first kappa shape index (κ1) is 32.7. The van der Waals surface area contributed by atoms with Gasteiger partial charge in [0.2, 0.25) is 17.7 Å². The zero-order chi connectivity index (χ0) is 29.9. The van der Waals surface area contributed by atoms with Crippen LogP contribution < -0.4 is 16.0 Å². The van der Waals surface area contributed by atoms with Gasteiger partial charge in [0, 0.05) is 37.5 Å². The van der Waals surface area contributed by atoms with E-state index in [9.17, 15) is 14.4 Å². The van der Waals surface area contributed by atoms with Crippen LogP contribution in [0.4, 0.5) is 0 Å². The molecule has 1 aromatic heterocycles. The lowest BCUT2D eigenvalue weighted by Crippen LogP contribution is -2.55. The molecule has 41 heavy (non-hydrogen) atoms. The second-order valence-electron chi connectivity index (χ2n) is 11.5. The van der Waals surface area contributed by atoms with Crippen molar-refractivity contribution in [3.63, 3.8) is 0 Å². The number of hydrogen-bond donors (Lipinski definition) is 3. The molecule has 226 valence electrons. The monoisotopic (exact) mass is 583 g/mol. The van der Waals surface area contributed by atoms with Crippen molar-refractivity contribution in [2.45, 2.75) is 97.6 Å². The predicted octanol–water partition coefficient (Wildman–Crippen LogP) is 4.94. The van der Waals surface area contributed by atoms with E-state index in [0.717, 1.165) is 54.0 Å². The molecule has 1 aliphatic carbocycles. The van der Waals surface area contributed by atoms with Crippen molar-refractivity contribution >= 4 is 39.3 Å². The van der Waals surface area contributed by atoms with Crippen molar-refractivity contribution in [2.75, 3.05) is 26.2 Å². The maximum atomic E-state index is 13.7. The molecular weight excluding hydrogens is 534 g/mol. The van der Waals surface area contributed by atoms with Gasteiger partial charge in [0.15, 0.2) is 0 Å². The van der Waals surface area contributed by atoms with Gasteiger partial charge in [-0.15, -0.1) is 11.3 Å². The summed E-state index contributed by atoms with van der Waals surface area (Å²) in [6, 6.07) is 5.32.